The van der Waals surface area contributed by atoms with Gasteiger partial charge in [-0.15, -0.1) is 0 Å². The van der Waals surface area contributed by atoms with Crippen molar-refractivity contribution in [3.05, 3.63) is 60.2 Å². The summed E-state index contributed by atoms with van der Waals surface area (Å²) >= 11 is 0. The van der Waals surface area contributed by atoms with Crippen molar-refractivity contribution in [3.8, 4) is 0 Å². The SMILES string of the molecule is CCC1(c2cccc(NS(C)(=O)=O)c2)C2CN(CCNC(=O)Nc3ccccc3)CC21. The first-order valence-corrected chi connectivity index (χ1v) is 12.6. The van der Waals surface area contributed by atoms with Crippen LogP contribution >= 0.6 is 0 Å². The Labute approximate surface area is 184 Å². The monoisotopic (exact) mass is 442 g/mol. The highest BCUT2D eigenvalue weighted by Crippen LogP contribution is 2.65. The Morgan fingerprint density at radius 3 is 2.39 bits per heavy atom. The number of benzene rings is 2. The molecular formula is C23H30N4O3S. The molecule has 0 spiro atoms. The number of hydrogen-bond acceptors (Lipinski definition) is 4. The highest BCUT2D eigenvalue weighted by atomic mass is 32.2. The third kappa shape index (κ3) is 4.70. The number of piperidine rings is 1. The third-order valence-corrected chi connectivity index (χ3v) is 7.25. The maximum absolute atomic E-state index is 12.0. The van der Waals surface area contributed by atoms with Crippen molar-refractivity contribution in [1.82, 2.24) is 10.2 Å². The van der Waals surface area contributed by atoms with Crippen molar-refractivity contribution in [3.63, 3.8) is 0 Å². The Balaban J connectivity index is 1.29. The largest absolute Gasteiger partial charge is 0.337 e. The Kier molecular flexibility index (Phi) is 5.94. The number of likely N-dealkylation sites (tertiary alicyclic amines) is 1. The van der Waals surface area contributed by atoms with E-state index in [9.17, 15) is 13.2 Å². The van der Waals surface area contributed by atoms with Crippen LogP contribution in [0, 0.1) is 11.8 Å². The topological polar surface area (TPSA) is 90.5 Å². The molecule has 8 heteroatoms. The molecule has 166 valence electrons. The molecule has 1 saturated heterocycles. The second-order valence-electron chi connectivity index (χ2n) is 8.57. The van der Waals surface area contributed by atoms with Crippen molar-refractivity contribution < 1.29 is 13.2 Å². The molecule has 0 bridgehead atoms. The number of rotatable bonds is 8. The average Bonchev–Trinajstić information content (AvgIpc) is 3.10. The fraction of sp³-hybridized carbons (Fsp3) is 0.435. The molecule has 1 heterocycles. The normalized spacial score (nSPS) is 25.0. The van der Waals surface area contributed by atoms with Crippen LogP contribution in [-0.2, 0) is 15.4 Å². The van der Waals surface area contributed by atoms with Gasteiger partial charge in [-0.2, -0.15) is 0 Å². The molecule has 1 aliphatic heterocycles. The molecule has 2 fully saturated rings. The van der Waals surface area contributed by atoms with Crippen LogP contribution in [0.2, 0.25) is 0 Å². The molecule has 0 radical (unpaired) electrons. The van der Waals surface area contributed by atoms with Crippen LogP contribution in [-0.4, -0.2) is 51.8 Å². The zero-order valence-electron chi connectivity index (χ0n) is 18.0. The highest BCUT2D eigenvalue weighted by molar-refractivity contribution is 7.92. The van der Waals surface area contributed by atoms with Gasteiger partial charge in [-0.1, -0.05) is 37.3 Å². The zero-order chi connectivity index (χ0) is 22.1. The first-order chi connectivity index (χ1) is 14.8. The smallest absolute Gasteiger partial charge is 0.319 e. The van der Waals surface area contributed by atoms with Gasteiger partial charge in [0.2, 0.25) is 10.0 Å². The summed E-state index contributed by atoms with van der Waals surface area (Å²) in [6, 6.07) is 17.1. The van der Waals surface area contributed by atoms with Gasteiger partial charge >= 0.3 is 6.03 Å². The molecule has 2 aromatic carbocycles. The molecule has 2 unspecified atom stereocenters. The number of anilines is 2. The molecule has 0 aromatic heterocycles. The van der Waals surface area contributed by atoms with Gasteiger partial charge in [0.15, 0.2) is 0 Å². The number of amides is 2. The summed E-state index contributed by atoms with van der Waals surface area (Å²) in [5.74, 6) is 1.15. The molecule has 1 saturated carbocycles. The molecule has 2 amide bonds. The second kappa shape index (κ2) is 8.51. The molecule has 2 aliphatic rings. The number of urea groups is 1. The standard InChI is InChI=1S/C23H30N4O3S/c1-3-23(17-8-7-11-19(14-17)26-31(2,29)30)20-15-27(16-21(20)23)13-12-24-22(28)25-18-9-5-4-6-10-18/h4-11,14,20-21,26H,3,12-13,15-16H2,1-2H3,(H2,24,25,28). The van der Waals surface area contributed by atoms with Gasteiger partial charge in [0.25, 0.3) is 0 Å². The minimum absolute atomic E-state index is 0.129. The maximum Gasteiger partial charge on any atom is 0.319 e. The first kappa shape index (κ1) is 21.6. The third-order valence-electron chi connectivity index (χ3n) is 6.64. The molecule has 7 nitrogen and oxygen atoms in total. The van der Waals surface area contributed by atoms with E-state index in [2.05, 4.69) is 33.2 Å². The summed E-state index contributed by atoms with van der Waals surface area (Å²) in [5, 5.41) is 5.76. The first-order valence-electron chi connectivity index (χ1n) is 10.7. The number of nitrogens with zero attached hydrogens (tertiary/aromatic N) is 1. The number of para-hydroxylation sites is 1. The predicted molar refractivity (Wildman–Crippen MR) is 124 cm³/mol. The van der Waals surface area contributed by atoms with E-state index in [-0.39, 0.29) is 11.4 Å². The van der Waals surface area contributed by atoms with E-state index in [4.69, 9.17) is 0 Å². The maximum atomic E-state index is 12.0. The van der Waals surface area contributed by atoms with Gasteiger partial charge < -0.3 is 15.5 Å². The summed E-state index contributed by atoms with van der Waals surface area (Å²) < 4.78 is 25.8. The van der Waals surface area contributed by atoms with Crippen LogP contribution in [0.4, 0.5) is 16.2 Å². The van der Waals surface area contributed by atoms with E-state index in [1.54, 1.807) is 6.07 Å². The summed E-state index contributed by atoms with van der Waals surface area (Å²) in [6.07, 6.45) is 2.21. The summed E-state index contributed by atoms with van der Waals surface area (Å²) in [6.45, 7) is 5.65. The van der Waals surface area contributed by atoms with Crippen LogP contribution < -0.4 is 15.4 Å². The number of carbonyl (C=O) groups excluding carboxylic acids is 1. The van der Waals surface area contributed by atoms with Crippen molar-refractivity contribution >= 4 is 27.4 Å². The minimum atomic E-state index is -3.29. The highest BCUT2D eigenvalue weighted by Gasteiger charge is 2.67. The number of carbonyl (C=O) groups is 1. The zero-order valence-corrected chi connectivity index (χ0v) is 18.8. The van der Waals surface area contributed by atoms with Gasteiger partial charge in [0.1, 0.15) is 0 Å². The molecular weight excluding hydrogens is 412 g/mol. The number of sulfonamides is 1. The van der Waals surface area contributed by atoms with E-state index in [1.165, 1.54) is 11.8 Å². The van der Waals surface area contributed by atoms with E-state index < -0.39 is 10.0 Å². The molecule has 31 heavy (non-hydrogen) atoms. The Bertz CT molecular complexity index is 1030. The molecule has 2 aromatic rings. The Hall–Kier alpha value is -2.58. The van der Waals surface area contributed by atoms with Crippen molar-refractivity contribution in [2.75, 3.05) is 42.5 Å². The molecule has 1 aliphatic carbocycles. The lowest BCUT2D eigenvalue weighted by atomic mass is 9.87. The van der Waals surface area contributed by atoms with Crippen molar-refractivity contribution in [2.45, 2.75) is 18.8 Å². The lowest BCUT2D eigenvalue weighted by Gasteiger charge is -2.27. The van der Waals surface area contributed by atoms with Crippen molar-refractivity contribution in [1.29, 1.82) is 0 Å². The molecule has 4 rings (SSSR count). The number of nitrogens with one attached hydrogen (secondary N) is 3. The van der Waals surface area contributed by atoms with E-state index in [0.29, 0.717) is 24.1 Å². The van der Waals surface area contributed by atoms with Crippen LogP contribution in [0.25, 0.3) is 0 Å². The fourth-order valence-electron chi connectivity index (χ4n) is 5.27. The molecule has 2 atom stereocenters. The Morgan fingerprint density at radius 2 is 1.74 bits per heavy atom. The quantitative estimate of drug-likeness (QED) is 0.586. The summed E-state index contributed by atoms with van der Waals surface area (Å²) in [5.41, 5.74) is 2.76. The molecule has 3 N–H and O–H groups in total. The number of hydrogen-bond donors (Lipinski definition) is 3. The number of fused-ring (bicyclic) bond motifs is 1. The van der Waals surface area contributed by atoms with Gasteiger partial charge in [-0.3, -0.25) is 4.72 Å². The van der Waals surface area contributed by atoms with Crippen LogP contribution in [0.5, 0.6) is 0 Å². The van der Waals surface area contributed by atoms with E-state index >= 15 is 0 Å². The predicted octanol–water partition coefficient (Wildman–Crippen LogP) is 3.09. The lowest BCUT2D eigenvalue weighted by molar-refractivity contribution is 0.244. The minimum Gasteiger partial charge on any atom is -0.337 e. The summed E-state index contributed by atoms with van der Waals surface area (Å²) in [7, 11) is -3.29. The Morgan fingerprint density at radius 1 is 1.06 bits per heavy atom. The van der Waals surface area contributed by atoms with Crippen LogP contribution in [0.3, 0.4) is 0 Å². The van der Waals surface area contributed by atoms with Gasteiger partial charge in [0, 0.05) is 43.0 Å². The van der Waals surface area contributed by atoms with Gasteiger partial charge in [-0.25, -0.2) is 13.2 Å². The van der Waals surface area contributed by atoms with Crippen molar-refractivity contribution in [2.24, 2.45) is 11.8 Å². The van der Waals surface area contributed by atoms with E-state index in [0.717, 1.165) is 31.7 Å². The lowest BCUT2D eigenvalue weighted by Crippen LogP contribution is -2.38. The average molecular weight is 443 g/mol. The van der Waals surface area contributed by atoms with Gasteiger partial charge in [-0.05, 0) is 48.1 Å². The van der Waals surface area contributed by atoms with Gasteiger partial charge in [0.05, 0.1) is 6.26 Å². The fourth-order valence-corrected chi connectivity index (χ4v) is 5.82. The van der Waals surface area contributed by atoms with E-state index in [1.807, 2.05) is 42.5 Å². The summed E-state index contributed by atoms with van der Waals surface area (Å²) in [4.78, 5) is 14.4. The van der Waals surface area contributed by atoms with Crippen LogP contribution in [0.1, 0.15) is 18.9 Å². The van der Waals surface area contributed by atoms with Crippen LogP contribution in [0.15, 0.2) is 54.6 Å². The second-order valence-corrected chi connectivity index (χ2v) is 10.3.